The van der Waals surface area contributed by atoms with E-state index in [1.807, 2.05) is 6.92 Å². The number of rotatable bonds is 8. The number of ether oxygens (including phenoxy) is 1. The number of hydrogen-bond donors (Lipinski definition) is 2. The fourth-order valence-electron chi connectivity index (χ4n) is 1.68. The third-order valence-corrected chi connectivity index (χ3v) is 3.67. The molecule has 7 heteroatoms. The first kappa shape index (κ1) is 18.0. The van der Waals surface area contributed by atoms with Gasteiger partial charge in [-0.25, -0.2) is 4.79 Å². The molecule has 1 aromatic rings. The van der Waals surface area contributed by atoms with Crippen LogP contribution in [0.1, 0.15) is 30.6 Å². The maximum atomic E-state index is 12.0. The van der Waals surface area contributed by atoms with Crippen molar-refractivity contribution in [2.45, 2.75) is 26.3 Å². The number of benzene rings is 1. The molecule has 0 bridgehead atoms. The van der Waals surface area contributed by atoms with Gasteiger partial charge in [0, 0.05) is 12.5 Å². The van der Waals surface area contributed by atoms with Crippen molar-refractivity contribution in [2.24, 2.45) is 0 Å². The molecular formula is C15H19NO5S. The molecule has 0 aliphatic rings. The van der Waals surface area contributed by atoms with E-state index in [0.29, 0.717) is 23.5 Å². The standard InChI is InChI=1S/C15H19NO5S/c1-3-22-9-8-13(15(19)20)16-14(18)11-4-6-12(7-5-11)21-10(2)17/h4-7,13H,3,8-9H2,1-2H3,(H,16,18)(H,19,20). The van der Waals surface area contributed by atoms with E-state index in [0.717, 1.165) is 5.75 Å². The minimum Gasteiger partial charge on any atom is -0.480 e. The summed E-state index contributed by atoms with van der Waals surface area (Å²) >= 11 is 1.62. The first-order valence-electron chi connectivity index (χ1n) is 6.84. The predicted octanol–water partition coefficient (Wildman–Crippen LogP) is 1.94. The predicted molar refractivity (Wildman–Crippen MR) is 84.3 cm³/mol. The minimum absolute atomic E-state index is 0.310. The number of carboxylic acid groups (broad SMARTS) is 1. The molecule has 0 heterocycles. The first-order valence-corrected chi connectivity index (χ1v) is 7.99. The van der Waals surface area contributed by atoms with Crippen molar-refractivity contribution in [1.29, 1.82) is 0 Å². The van der Waals surface area contributed by atoms with E-state index < -0.39 is 23.9 Å². The van der Waals surface area contributed by atoms with Gasteiger partial charge in [-0.3, -0.25) is 9.59 Å². The molecule has 1 amide bonds. The number of nitrogens with one attached hydrogen (secondary N) is 1. The normalized spacial score (nSPS) is 11.5. The molecule has 2 N–H and O–H groups in total. The lowest BCUT2D eigenvalue weighted by Crippen LogP contribution is -2.41. The van der Waals surface area contributed by atoms with Crippen LogP contribution in [0.4, 0.5) is 0 Å². The summed E-state index contributed by atoms with van der Waals surface area (Å²) in [5.74, 6) is -0.0728. The number of carbonyl (C=O) groups excluding carboxylic acids is 2. The van der Waals surface area contributed by atoms with Gasteiger partial charge >= 0.3 is 11.9 Å². The molecule has 1 aromatic carbocycles. The highest BCUT2D eigenvalue weighted by Gasteiger charge is 2.20. The van der Waals surface area contributed by atoms with Gasteiger partial charge in [0.2, 0.25) is 0 Å². The number of esters is 1. The van der Waals surface area contributed by atoms with Gasteiger partial charge in [-0.2, -0.15) is 11.8 Å². The molecule has 0 radical (unpaired) electrons. The topological polar surface area (TPSA) is 92.7 Å². The van der Waals surface area contributed by atoms with E-state index in [1.54, 1.807) is 11.8 Å². The molecule has 0 aliphatic heterocycles. The Morgan fingerprint density at radius 3 is 2.41 bits per heavy atom. The lowest BCUT2D eigenvalue weighted by molar-refractivity contribution is -0.139. The highest BCUT2D eigenvalue weighted by atomic mass is 32.2. The lowest BCUT2D eigenvalue weighted by atomic mass is 10.1. The maximum Gasteiger partial charge on any atom is 0.326 e. The zero-order chi connectivity index (χ0) is 16.5. The number of carboxylic acids is 1. The van der Waals surface area contributed by atoms with Crippen LogP contribution in [0, 0.1) is 0 Å². The van der Waals surface area contributed by atoms with Crippen molar-refractivity contribution >= 4 is 29.6 Å². The molecule has 0 fully saturated rings. The van der Waals surface area contributed by atoms with Crippen LogP contribution in [0.3, 0.4) is 0 Å². The molecule has 6 nitrogen and oxygen atoms in total. The van der Waals surface area contributed by atoms with Crippen LogP contribution in [-0.2, 0) is 9.59 Å². The van der Waals surface area contributed by atoms with Gasteiger partial charge in [0.05, 0.1) is 0 Å². The Morgan fingerprint density at radius 2 is 1.91 bits per heavy atom. The van der Waals surface area contributed by atoms with Crippen LogP contribution in [0.15, 0.2) is 24.3 Å². The van der Waals surface area contributed by atoms with Gasteiger partial charge in [-0.15, -0.1) is 0 Å². The molecule has 22 heavy (non-hydrogen) atoms. The average molecular weight is 325 g/mol. The average Bonchev–Trinajstić information content (AvgIpc) is 2.46. The Bertz CT molecular complexity index is 529. The summed E-state index contributed by atoms with van der Waals surface area (Å²) in [5, 5.41) is 11.6. The zero-order valence-corrected chi connectivity index (χ0v) is 13.3. The maximum absolute atomic E-state index is 12.0. The smallest absolute Gasteiger partial charge is 0.326 e. The van der Waals surface area contributed by atoms with Crippen LogP contribution in [0.2, 0.25) is 0 Å². The summed E-state index contributed by atoms with van der Waals surface area (Å²) in [6, 6.07) is 5.01. The van der Waals surface area contributed by atoms with Crippen LogP contribution in [-0.4, -0.2) is 40.5 Å². The van der Waals surface area contributed by atoms with Gasteiger partial charge < -0.3 is 15.2 Å². The van der Waals surface area contributed by atoms with E-state index in [4.69, 9.17) is 9.84 Å². The van der Waals surface area contributed by atoms with Crippen LogP contribution >= 0.6 is 11.8 Å². The molecule has 0 spiro atoms. The van der Waals surface area contributed by atoms with Gasteiger partial charge in [0.25, 0.3) is 5.91 Å². The third kappa shape index (κ3) is 6.17. The van der Waals surface area contributed by atoms with Crippen LogP contribution in [0.25, 0.3) is 0 Å². The third-order valence-electron chi connectivity index (χ3n) is 2.74. The molecular weight excluding hydrogens is 306 g/mol. The van der Waals surface area contributed by atoms with E-state index >= 15 is 0 Å². The SMILES string of the molecule is CCSCCC(NC(=O)c1ccc(OC(C)=O)cc1)C(=O)O. The lowest BCUT2D eigenvalue weighted by Gasteiger charge is -2.14. The number of hydrogen-bond acceptors (Lipinski definition) is 5. The summed E-state index contributed by atoms with van der Waals surface area (Å²) in [4.78, 5) is 34.0. The van der Waals surface area contributed by atoms with E-state index in [-0.39, 0.29) is 0 Å². The zero-order valence-electron chi connectivity index (χ0n) is 12.5. The summed E-state index contributed by atoms with van der Waals surface area (Å²) in [6.45, 7) is 3.27. The molecule has 1 atom stereocenters. The van der Waals surface area contributed by atoms with Gasteiger partial charge in [-0.1, -0.05) is 6.92 Å². The fraction of sp³-hybridized carbons (Fsp3) is 0.400. The highest BCUT2D eigenvalue weighted by molar-refractivity contribution is 7.99. The summed E-state index contributed by atoms with van der Waals surface area (Å²) < 4.78 is 4.87. The van der Waals surface area contributed by atoms with Crippen LogP contribution in [0.5, 0.6) is 5.75 Å². The van der Waals surface area contributed by atoms with Crippen molar-refractivity contribution in [3.8, 4) is 5.75 Å². The second kappa shape index (κ2) is 9.09. The monoisotopic (exact) mass is 325 g/mol. The summed E-state index contributed by atoms with van der Waals surface area (Å²) in [7, 11) is 0. The Morgan fingerprint density at radius 1 is 1.27 bits per heavy atom. The van der Waals surface area contributed by atoms with Crippen molar-refractivity contribution in [3.63, 3.8) is 0 Å². The Balaban J connectivity index is 2.65. The van der Waals surface area contributed by atoms with E-state index in [1.165, 1.54) is 31.2 Å². The van der Waals surface area contributed by atoms with E-state index in [2.05, 4.69) is 5.32 Å². The van der Waals surface area contributed by atoms with Crippen molar-refractivity contribution in [3.05, 3.63) is 29.8 Å². The molecule has 1 unspecified atom stereocenters. The largest absolute Gasteiger partial charge is 0.480 e. The van der Waals surface area contributed by atoms with Crippen molar-refractivity contribution < 1.29 is 24.2 Å². The molecule has 0 aromatic heterocycles. The Kier molecular flexibility index (Phi) is 7.45. The summed E-state index contributed by atoms with van der Waals surface area (Å²) in [5.41, 5.74) is 0.310. The van der Waals surface area contributed by atoms with E-state index in [9.17, 15) is 14.4 Å². The number of thioether (sulfide) groups is 1. The summed E-state index contributed by atoms with van der Waals surface area (Å²) in [6.07, 6.45) is 0.366. The van der Waals surface area contributed by atoms with Crippen molar-refractivity contribution in [2.75, 3.05) is 11.5 Å². The molecule has 0 saturated carbocycles. The molecule has 0 aliphatic carbocycles. The number of carbonyl (C=O) groups is 3. The van der Waals surface area contributed by atoms with Gasteiger partial charge in [0.15, 0.2) is 0 Å². The highest BCUT2D eigenvalue weighted by Crippen LogP contribution is 2.13. The molecule has 120 valence electrons. The molecule has 1 rings (SSSR count). The minimum atomic E-state index is -1.05. The Labute approximate surface area is 133 Å². The molecule has 0 saturated heterocycles. The second-order valence-electron chi connectivity index (χ2n) is 4.47. The fourth-order valence-corrected chi connectivity index (χ4v) is 2.38. The quantitative estimate of drug-likeness (QED) is 0.431. The Hall–Kier alpha value is -2.02. The number of amides is 1. The first-order chi connectivity index (χ1) is 10.4. The number of aliphatic carboxylic acids is 1. The van der Waals surface area contributed by atoms with Crippen LogP contribution < -0.4 is 10.1 Å². The van der Waals surface area contributed by atoms with Gasteiger partial charge in [-0.05, 0) is 42.2 Å². The second-order valence-corrected chi connectivity index (χ2v) is 5.86. The van der Waals surface area contributed by atoms with Crippen molar-refractivity contribution in [1.82, 2.24) is 5.32 Å². The van der Waals surface area contributed by atoms with Gasteiger partial charge in [0.1, 0.15) is 11.8 Å².